The molecule has 0 aliphatic rings. The molecular formula is C57H39N3. The minimum Gasteiger partial charge on any atom is -0.310 e. The molecule has 0 aliphatic heterocycles. The van der Waals surface area contributed by atoms with Gasteiger partial charge in [0.15, 0.2) is 0 Å². The van der Waals surface area contributed by atoms with E-state index >= 15 is 0 Å². The van der Waals surface area contributed by atoms with Gasteiger partial charge in [0.2, 0.25) is 0 Å². The molecule has 0 aliphatic carbocycles. The van der Waals surface area contributed by atoms with Crippen LogP contribution < -0.4 is 4.90 Å². The predicted molar refractivity (Wildman–Crippen MR) is 253 cm³/mol. The molecule has 3 nitrogen and oxygen atoms in total. The SMILES string of the molecule is c1ccc(-c2ccc(-n3c4ccccc4c4cc(-c5cccc(-c6cccc(N(c7ccc(-c8cccnc8)cc7)c7ccc8ccccc8c7)c6)c5)ccc43)cc2)cc1. The molecule has 11 rings (SSSR count). The van der Waals surface area contributed by atoms with Gasteiger partial charge in [-0.2, -0.15) is 0 Å². The Morgan fingerprint density at radius 1 is 0.317 bits per heavy atom. The first-order valence-electron chi connectivity index (χ1n) is 20.4. The van der Waals surface area contributed by atoms with Crippen molar-refractivity contribution in [2.24, 2.45) is 0 Å². The number of hydrogen-bond acceptors (Lipinski definition) is 2. The highest BCUT2D eigenvalue weighted by Crippen LogP contribution is 2.40. The zero-order valence-electron chi connectivity index (χ0n) is 32.9. The van der Waals surface area contributed by atoms with Crippen LogP contribution in [0.5, 0.6) is 0 Å². The van der Waals surface area contributed by atoms with Crippen LogP contribution in [0.4, 0.5) is 17.1 Å². The van der Waals surface area contributed by atoms with E-state index in [1.54, 1.807) is 0 Å². The van der Waals surface area contributed by atoms with E-state index in [2.05, 4.69) is 233 Å². The minimum absolute atomic E-state index is 1.09. The van der Waals surface area contributed by atoms with E-state index < -0.39 is 0 Å². The lowest BCUT2D eigenvalue weighted by Gasteiger charge is -2.26. The normalized spacial score (nSPS) is 11.3. The summed E-state index contributed by atoms with van der Waals surface area (Å²) >= 11 is 0. The lowest BCUT2D eigenvalue weighted by atomic mass is 9.97. The van der Waals surface area contributed by atoms with Crippen LogP contribution in [0.2, 0.25) is 0 Å². The maximum absolute atomic E-state index is 4.34. The first kappa shape index (κ1) is 35.2. The molecule has 0 N–H and O–H groups in total. The number of benzene rings is 9. The maximum Gasteiger partial charge on any atom is 0.0541 e. The summed E-state index contributed by atoms with van der Waals surface area (Å²) in [4.78, 5) is 6.70. The van der Waals surface area contributed by atoms with Gasteiger partial charge in [-0.3, -0.25) is 4.98 Å². The van der Waals surface area contributed by atoms with Gasteiger partial charge >= 0.3 is 0 Å². The molecule has 0 saturated heterocycles. The van der Waals surface area contributed by atoms with Crippen molar-refractivity contribution in [1.82, 2.24) is 9.55 Å². The fourth-order valence-electron chi connectivity index (χ4n) is 8.67. The summed E-state index contributed by atoms with van der Waals surface area (Å²) in [7, 11) is 0. The van der Waals surface area contributed by atoms with Crippen molar-refractivity contribution >= 4 is 49.6 Å². The van der Waals surface area contributed by atoms with Gasteiger partial charge in [0.25, 0.3) is 0 Å². The second-order valence-corrected chi connectivity index (χ2v) is 15.3. The van der Waals surface area contributed by atoms with Gasteiger partial charge in [-0.05, 0) is 134 Å². The molecule has 282 valence electrons. The lowest BCUT2D eigenvalue weighted by Crippen LogP contribution is -2.10. The topological polar surface area (TPSA) is 21.1 Å². The Hall–Kier alpha value is -8.01. The van der Waals surface area contributed by atoms with Gasteiger partial charge in [-0.25, -0.2) is 0 Å². The Morgan fingerprint density at radius 3 is 1.68 bits per heavy atom. The van der Waals surface area contributed by atoms with Crippen molar-refractivity contribution in [2.45, 2.75) is 0 Å². The molecule has 2 aromatic heterocycles. The summed E-state index contributed by atoms with van der Waals surface area (Å²) in [6.45, 7) is 0. The zero-order chi connectivity index (χ0) is 39.8. The number of rotatable bonds is 8. The average Bonchev–Trinajstić information content (AvgIpc) is 3.66. The summed E-state index contributed by atoms with van der Waals surface area (Å²) in [5, 5.41) is 4.91. The Bertz CT molecular complexity index is 3290. The van der Waals surface area contributed by atoms with Gasteiger partial charge < -0.3 is 9.47 Å². The Kier molecular flexibility index (Phi) is 8.83. The predicted octanol–water partition coefficient (Wildman–Crippen LogP) is 15.5. The first-order valence-corrected chi connectivity index (χ1v) is 20.4. The van der Waals surface area contributed by atoms with E-state index in [1.807, 2.05) is 18.5 Å². The molecule has 0 unspecified atom stereocenters. The second kappa shape index (κ2) is 15.1. The van der Waals surface area contributed by atoms with Gasteiger partial charge in [0, 0.05) is 45.9 Å². The molecule has 2 heterocycles. The zero-order valence-corrected chi connectivity index (χ0v) is 32.9. The van der Waals surface area contributed by atoms with Crippen LogP contribution in [0.1, 0.15) is 0 Å². The number of pyridine rings is 1. The number of anilines is 3. The lowest BCUT2D eigenvalue weighted by molar-refractivity contribution is 1.18. The van der Waals surface area contributed by atoms with Crippen molar-refractivity contribution in [2.75, 3.05) is 4.90 Å². The van der Waals surface area contributed by atoms with E-state index in [9.17, 15) is 0 Å². The highest BCUT2D eigenvalue weighted by molar-refractivity contribution is 6.10. The number of nitrogens with zero attached hydrogens (tertiary/aromatic N) is 3. The van der Waals surface area contributed by atoms with Crippen molar-refractivity contribution < 1.29 is 0 Å². The maximum atomic E-state index is 4.34. The van der Waals surface area contributed by atoms with E-state index in [4.69, 9.17) is 0 Å². The van der Waals surface area contributed by atoms with Crippen LogP contribution in [0, 0.1) is 0 Å². The molecule has 11 aromatic rings. The standard InChI is InChI=1S/C57H39N3/c1-2-11-40(12-3-1)42-22-30-51(31-23-42)60-56-21-7-6-20-54(56)55-38-48(27-33-57(55)60)45-16-8-15-44(35-45)47-17-9-19-52(37-47)59(53-32-26-41-13-4-5-14-46(41)36-53)50-28-24-43(25-29-50)49-18-10-34-58-39-49/h1-39H. The Balaban J connectivity index is 0.964. The van der Waals surface area contributed by atoms with Crippen LogP contribution in [0.15, 0.2) is 237 Å². The van der Waals surface area contributed by atoms with Crippen LogP contribution in [-0.2, 0) is 0 Å². The third kappa shape index (κ3) is 6.49. The van der Waals surface area contributed by atoms with E-state index in [0.29, 0.717) is 0 Å². The minimum atomic E-state index is 1.09. The molecule has 0 fully saturated rings. The number of para-hydroxylation sites is 1. The molecule has 3 heteroatoms. The van der Waals surface area contributed by atoms with Crippen LogP contribution in [0.25, 0.3) is 82.8 Å². The second-order valence-electron chi connectivity index (χ2n) is 15.3. The fraction of sp³-hybridized carbons (Fsp3) is 0. The molecule has 0 atom stereocenters. The molecule has 0 saturated carbocycles. The summed E-state index contributed by atoms with van der Waals surface area (Å²) in [5.41, 5.74) is 16.2. The summed E-state index contributed by atoms with van der Waals surface area (Å²) in [6, 6.07) is 81.1. The molecule has 0 spiro atoms. The van der Waals surface area contributed by atoms with Crippen molar-refractivity contribution in [3.63, 3.8) is 0 Å². The first-order chi connectivity index (χ1) is 29.7. The van der Waals surface area contributed by atoms with Crippen molar-refractivity contribution in [3.05, 3.63) is 237 Å². The highest BCUT2D eigenvalue weighted by atomic mass is 15.1. The van der Waals surface area contributed by atoms with Crippen LogP contribution in [-0.4, -0.2) is 9.55 Å². The number of fused-ring (bicyclic) bond motifs is 4. The number of aromatic nitrogens is 2. The van der Waals surface area contributed by atoms with Crippen LogP contribution in [0.3, 0.4) is 0 Å². The highest BCUT2D eigenvalue weighted by Gasteiger charge is 2.17. The molecule has 0 radical (unpaired) electrons. The Labute approximate surface area is 349 Å². The molecule has 9 aromatic carbocycles. The number of hydrogen-bond donors (Lipinski definition) is 0. The fourth-order valence-corrected chi connectivity index (χ4v) is 8.67. The largest absolute Gasteiger partial charge is 0.310 e. The summed E-state index contributed by atoms with van der Waals surface area (Å²) < 4.78 is 2.39. The van der Waals surface area contributed by atoms with Gasteiger partial charge in [0.05, 0.1) is 11.0 Å². The molecular weight excluding hydrogens is 727 g/mol. The van der Waals surface area contributed by atoms with Gasteiger partial charge in [-0.15, -0.1) is 0 Å². The third-order valence-electron chi connectivity index (χ3n) is 11.7. The quantitative estimate of drug-likeness (QED) is 0.154. The smallest absolute Gasteiger partial charge is 0.0541 e. The molecule has 60 heavy (non-hydrogen) atoms. The monoisotopic (exact) mass is 765 g/mol. The molecule has 0 amide bonds. The Morgan fingerprint density at radius 2 is 0.883 bits per heavy atom. The van der Waals surface area contributed by atoms with E-state index in [-0.39, 0.29) is 0 Å². The van der Waals surface area contributed by atoms with Crippen molar-refractivity contribution in [1.29, 1.82) is 0 Å². The molecule has 0 bridgehead atoms. The van der Waals surface area contributed by atoms with E-state index in [0.717, 1.165) is 39.4 Å². The van der Waals surface area contributed by atoms with Crippen molar-refractivity contribution in [3.8, 4) is 50.2 Å². The van der Waals surface area contributed by atoms with Gasteiger partial charge in [-0.1, -0.05) is 146 Å². The van der Waals surface area contributed by atoms with Gasteiger partial charge in [0.1, 0.15) is 0 Å². The van der Waals surface area contributed by atoms with E-state index in [1.165, 1.54) is 60.4 Å². The summed E-state index contributed by atoms with van der Waals surface area (Å²) in [5.74, 6) is 0. The average molecular weight is 766 g/mol. The van der Waals surface area contributed by atoms with Crippen LogP contribution >= 0.6 is 0 Å². The third-order valence-corrected chi connectivity index (χ3v) is 11.7. The summed E-state index contributed by atoms with van der Waals surface area (Å²) in [6.07, 6.45) is 3.73.